The molecule has 3 N–H and O–H groups in total. The van der Waals surface area contributed by atoms with E-state index in [-0.39, 0.29) is 35.0 Å². The van der Waals surface area contributed by atoms with Crippen molar-refractivity contribution in [3.63, 3.8) is 0 Å². The van der Waals surface area contributed by atoms with Gasteiger partial charge in [0, 0.05) is 41.6 Å². The molecule has 0 aliphatic carbocycles. The van der Waals surface area contributed by atoms with Crippen molar-refractivity contribution in [3.05, 3.63) is 94.5 Å². The fourth-order valence-electron chi connectivity index (χ4n) is 4.76. The largest absolute Gasteiger partial charge is 0.494 e. The Balaban J connectivity index is 1.74. The second kappa shape index (κ2) is 14.7. The molecule has 0 fully saturated rings. The summed E-state index contributed by atoms with van der Waals surface area (Å²) in [5, 5.41) is 9.04. The number of halogens is 1. The highest BCUT2D eigenvalue weighted by Crippen LogP contribution is 2.45. The van der Waals surface area contributed by atoms with Gasteiger partial charge in [-0.3, -0.25) is 10.2 Å². The first-order valence-corrected chi connectivity index (χ1v) is 17.1. The molecule has 2 atom stereocenters. The zero-order valence-electron chi connectivity index (χ0n) is 25.3. The number of amides is 1. The van der Waals surface area contributed by atoms with Crippen molar-refractivity contribution in [2.24, 2.45) is 10.4 Å². The number of nitrogens with one attached hydrogen (secondary N) is 2. The summed E-state index contributed by atoms with van der Waals surface area (Å²) in [6, 6.07) is 22.7. The molecule has 1 aliphatic rings. The number of aliphatic hydroxyl groups is 1. The smallest absolute Gasteiger partial charge is 0.266 e. The highest BCUT2D eigenvalue weighted by atomic mass is 79.9. The lowest BCUT2D eigenvalue weighted by Crippen LogP contribution is -2.53. The van der Waals surface area contributed by atoms with Crippen molar-refractivity contribution in [2.75, 3.05) is 25.5 Å². The molecule has 11 heteroatoms. The molecule has 3 aromatic rings. The van der Waals surface area contributed by atoms with Crippen LogP contribution in [0.25, 0.3) is 0 Å². The van der Waals surface area contributed by atoms with E-state index in [2.05, 4.69) is 47.6 Å². The van der Waals surface area contributed by atoms with Gasteiger partial charge in [0.2, 0.25) is 5.90 Å². The zero-order chi connectivity index (χ0) is 31.8. The Bertz CT molecular complexity index is 1540. The van der Waals surface area contributed by atoms with E-state index in [4.69, 9.17) is 19.6 Å². The number of nitrogens with zero attached hydrogens (tertiary/aromatic N) is 1. The summed E-state index contributed by atoms with van der Waals surface area (Å²) in [7, 11) is -3.75. The molecule has 1 amide bonds. The van der Waals surface area contributed by atoms with Crippen molar-refractivity contribution in [3.8, 4) is 5.75 Å². The van der Waals surface area contributed by atoms with Gasteiger partial charge in [-0.2, -0.15) is 0 Å². The third-order valence-electron chi connectivity index (χ3n) is 7.27. The Morgan fingerprint density at radius 2 is 1.73 bits per heavy atom. The van der Waals surface area contributed by atoms with Gasteiger partial charge < -0.3 is 14.6 Å². The van der Waals surface area contributed by atoms with Gasteiger partial charge in [0.1, 0.15) is 5.75 Å². The van der Waals surface area contributed by atoms with Crippen LogP contribution in [0.3, 0.4) is 0 Å². The quantitative estimate of drug-likeness (QED) is 0.154. The van der Waals surface area contributed by atoms with E-state index in [0.717, 1.165) is 6.42 Å². The van der Waals surface area contributed by atoms with Gasteiger partial charge in [0.25, 0.3) is 5.91 Å². The normalized spacial score (nSPS) is 18.4. The summed E-state index contributed by atoms with van der Waals surface area (Å²) in [4.78, 5) is 19.3. The maximum absolute atomic E-state index is 14.2. The Hall–Kier alpha value is -3.25. The van der Waals surface area contributed by atoms with E-state index in [1.807, 2.05) is 24.3 Å². The fourth-order valence-corrected chi connectivity index (χ4v) is 6.64. The molecule has 0 aromatic heterocycles. The maximum atomic E-state index is 14.2. The number of hydrogen-bond donors (Lipinski definition) is 3. The van der Waals surface area contributed by atoms with E-state index in [0.29, 0.717) is 40.9 Å². The minimum absolute atomic E-state index is 0.0361. The van der Waals surface area contributed by atoms with E-state index in [1.54, 1.807) is 54.6 Å². The predicted molar refractivity (Wildman–Crippen MR) is 174 cm³/mol. The van der Waals surface area contributed by atoms with Crippen LogP contribution in [0.2, 0.25) is 0 Å². The van der Waals surface area contributed by atoms with Crippen LogP contribution in [-0.4, -0.2) is 56.4 Å². The predicted octanol–water partition coefficient (Wildman–Crippen LogP) is 5.39. The molecule has 236 valence electrons. The number of carbonyl (C=O) groups excluding carboxylic acids is 1. The van der Waals surface area contributed by atoms with E-state index in [1.165, 1.54) is 0 Å². The van der Waals surface area contributed by atoms with Gasteiger partial charge in [0.05, 0.1) is 17.3 Å². The molecule has 0 bridgehead atoms. The van der Waals surface area contributed by atoms with Crippen LogP contribution < -0.4 is 15.6 Å². The number of rotatable bonds is 14. The highest BCUT2D eigenvalue weighted by Gasteiger charge is 2.54. The van der Waals surface area contributed by atoms with Crippen LogP contribution in [-0.2, 0) is 19.4 Å². The lowest BCUT2D eigenvalue weighted by atomic mass is 9.85. The summed E-state index contributed by atoms with van der Waals surface area (Å²) in [6.45, 7) is 7.26. The molecular formula is C33H40BrN3O6S. The van der Waals surface area contributed by atoms with Crippen molar-refractivity contribution in [1.29, 1.82) is 0 Å². The molecule has 9 nitrogen and oxygen atoms in total. The lowest BCUT2D eigenvalue weighted by Gasteiger charge is -2.31. The summed E-state index contributed by atoms with van der Waals surface area (Å²) < 4.78 is 39.8. The molecule has 4 rings (SSSR count). The average molecular weight is 687 g/mol. The van der Waals surface area contributed by atoms with E-state index < -0.39 is 27.4 Å². The van der Waals surface area contributed by atoms with Gasteiger partial charge in [-0.1, -0.05) is 73.1 Å². The fraction of sp³-hybridized carbons (Fsp3) is 0.394. The number of ether oxygens (including phenoxy) is 2. The van der Waals surface area contributed by atoms with E-state index >= 15 is 0 Å². The molecule has 0 saturated heterocycles. The Kier molecular flexibility index (Phi) is 11.2. The average Bonchev–Trinajstić information content (AvgIpc) is 3.40. The summed E-state index contributed by atoms with van der Waals surface area (Å²) in [6.07, 6.45) is 0.255. The number of carbonyl (C=O) groups is 1. The third kappa shape index (κ3) is 8.47. The van der Waals surface area contributed by atoms with Crippen LogP contribution in [0, 0.1) is 5.41 Å². The summed E-state index contributed by atoms with van der Waals surface area (Å²) in [5.74, 6) is 0.0127. The van der Waals surface area contributed by atoms with Crippen LogP contribution in [0.15, 0.2) is 93.2 Å². The first kappa shape index (κ1) is 33.6. The highest BCUT2D eigenvalue weighted by molar-refractivity contribution is 9.10. The van der Waals surface area contributed by atoms with Crippen molar-refractivity contribution in [2.45, 2.75) is 56.6 Å². The minimum Gasteiger partial charge on any atom is -0.494 e. The number of hydrogen-bond acceptors (Lipinski definition) is 8. The molecule has 3 aromatic carbocycles. The third-order valence-corrected chi connectivity index (χ3v) is 9.73. The van der Waals surface area contributed by atoms with Crippen molar-refractivity contribution < 1.29 is 27.8 Å². The maximum Gasteiger partial charge on any atom is 0.266 e. The molecule has 0 spiro atoms. The molecule has 1 heterocycles. The van der Waals surface area contributed by atoms with Gasteiger partial charge in [0.15, 0.2) is 21.5 Å². The molecule has 0 unspecified atom stereocenters. The van der Waals surface area contributed by atoms with Crippen LogP contribution in [0.5, 0.6) is 5.75 Å². The number of aliphatic imine (C=N–C) groups is 1. The van der Waals surface area contributed by atoms with Gasteiger partial charge in [-0.15, -0.1) is 0 Å². The number of hydrazine groups is 1. The summed E-state index contributed by atoms with van der Waals surface area (Å²) in [5.41, 5.74) is 5.54. The Morgan fingerprint density at radius 1 is 1.05 bits per heavy atom. The topological polar surface area (TPSA) is 126 Å². The first-order valence-electron chi connectivity index (χ1n) is 14.6. The van der Waals surface area contributed by atoms with Crippen LogP contribution >= 0.6 is 15.9 Å². The molecule has 0 radical (unpaired) electrons. The standard InChI is InChI=1S/C33H40BrN3O6S/c1-32(2,3)18-20-35-37-31(39)33(19-23-44(40,41)26-10-5-4-6-11-26)29(27-12-7-8-13-28(27)34)43-30(36-33)24-14-16-25(17-15-24)42-22-9-21-38/h4-8,10-17,29,35,38H,9,18-23H2,1-3H3,(H,37,39)/t29-,33-/m0/s1. The Labute approximate surface area is 268 Å². The molecule has 0 saturated carbocycles. The number of sulfone groups is 1. The monoisotopic (exact) mass is 685 g/mol. The second-order valence-electron chi connectivity index (χ2n) is 11.9. The van der Waals surface area contributed by atoms with Gasteiger partial charge >= 0.3 is 0 Å². The van der Waals surface area contributed by atoms with Gasteiger partial charge in [-0.25, -0.2) is 18.8 Å². The van der Waals surface area contributed by atoms with Crippen molar-refractivity contribution >= 4 is 37.6 Å². The lowest BCUT2D eigenvalue weighted by molar-refractivity contribution is -0.130. The Morgan fingerprint density at radius 3 is 2.39 bits per heavy atom. The van der Waals surface area contributed by atoms with Crippen LogP contribution in [0.4, 0.5) is 0 Å². The van der Waals surface area contributed by atoms with Gasteiger partial charge in [-0.05, 0) is 54.3 Å². The SMILES string of the molecule is CC(C)(C)CCNNC(=O)[C@@]1(CCS(=O)(=O)c2ccccc2)N=C(c2ccc(OCCCO)cc2)O[C@H]1c1ccccc1Br. The number of aliphatic hydroxyl groups excluding tert-OH is 1. The first-order chi connectivity index (χ1) is 20.9. The number of benzene rings is 3. The zero-order valence-corrected chi connectivity index (χ0v) is 27.7. The van der Waals surface area contributed by atoms with Crippen molar-refractivity contribution in [1.82, 2.24) is 10.9 Å². The second-order valence-corrected chi connectivity index (χ2v) is 14.8. The molecular weight excluding hydrogens is 646 g/mol. The van der Waals surface area contributed by atoms with Crippen LogP contribution in [0.1, 0.15) is 57.3 Å². The molecule has 1 aliphatic heterocycles. The minimum atomic E-state index is -3.75. The molecule has 44 heavy (non-hydrogen) atoms. The van der Waals surface area contributed by atoms with E-state index in [9.17, 15) is 13.2 Å². The summed E-state index contributed by atoms with van der Waals surface area (Å²) >= 11 is 3.60.